The molecule has 136 valence electrons. The third kappa shape index (κ3) is 4.73. The third-order valence-electron chi connectivity index (χ3n) is 4.74. The van der Waals surface area contributed by atoms with Crippen molar-refractivity contribution in [3.05, 3.63) is 71.8 Å². The first-order valence-corrected chi connectivity index (χ1v) is 9.14. The highest BCUT2D eigenvalue weighted by atomic mass is 16.2. The number of nitrogens with zero attached hydrogens (tertiary/aromatic N) is 3. The van der Waals surface area contributed by atoms with Gasteiger partial charge in [0.25, 0.3) is 5.91 Å². The molecule has 0 atom stereocenters. The summed E-state index contributed by atoms with van der Waals surface area (Å²) in [4.78, 5) is 19.1. The highest BCUT2D eigenvalue weighted by Gasteiger charge is 2.21. The summed E-state index contributed by atoms with van der Waals surface area (Å²) in [5.74, 6) is 0.133. The second kappa shape index (κ2) is 8.68. The van der Waals surface area contributed by atoms with Gasteiger partial charge >= 0.3 is 0 Å². The van der Waals surface area contributed by atoms with Gasteiger partial charge < -0.3 is 9.80 Å². The Bertz CT molecular complexity index is 747. The molecular formula is C22H27N3O. The number of piperazine rings is 1. The van der Waals surface area contributed by atoms with E-state index in [4.69, 9.17) is 0 Å². The second-order valence-electron chi connectivity index (χ2n) is 6.85. The number of rotatable bonds is 5. The minimum atomic E-state index is 0.133. The second-order valence-corrected chi connectivity index (χ2v) is 6.85. The van der Waals surface area contributed by atoms with Gasteiger partial charge in [0.15, 0.2) is 0 Å². The molecule has 0 unspecified atom stereocenters. The molecule has 0 aliphatic carbocycles. The van der Waals surface area contributed by atoms with E-state index in [1.54, 1.807) is 0 Å². The fourth-order valence-electron chi connectivity index (χ4n) is 3.14. The van der Waals surface area contributed by atoms with E-state index in [1.165, 1.54) is 5.56 Å². The van der Waals surface area contributed by atoms with E-state index < -0.39 is 0 Å². The fraction of sp³-hybridized carbons (Fsp3) is 0.318. The summed E-state index contributed by atoms with van der Waals surface area (Å²) in [5.41, 5.74) is 3.05. The lowest BCUT2D eigenvalue weighted by Crippen LogP contribution is -2.48. The number of hydrogen-bond acceptors (Lipinski definition) is 3. The minimum Gasteiger partial charge on any atom is -0.378 e. The molecule has 0 saturated carbocycles. The molecule has 1 aliphatic heterocycles. The number of carbonyl (C=O) groups is 1. The smallest absolute Gasteiger partial charge is 0.254 e. The Morgan fingerprint density at radius 1 is 1.00 bits per heavy atom. The average Bonchev–Trinajstić information content (AvgIpc) is 2.69. The van der Waals surface area contributed by atoms with Crippen LogP contribution in [0.25, 0.3) is 6.08 Å². The quantitative estimate of drug-likeness (QED) is 0.829. The molecule has 4 heteroatoms. The van der Waals surface area contributed by atoms with Gasteiger partial charge in [-0.3, -0.25) is 9.69 Å². The molecule has 3 rings (SSSR count). The van der Waals surface area contributed by atoms with Crippen LogP contribution in [-0.4, -0.2) is 62.5 Å². The lowest BCUT2D eigenvalue weighted by molar-refractivity contribution is 0.0650. The monoisotopic (exact) mass is 349 g/mol. The van der Waals surface area contributed by atoms with Gasteiger partial charge in [-0.25, -0.2) is 0 Å². The van der Waals surface area contributed by atoms with Gasteiger partial charge in [-0.1, -0.05) is 48.6 Å². The average molecular weight is 349 g/mol. The van der Waals surface area contributed by atoms with Crippen molar-refractivity contribution in [3.63, 3.8) is 0 Å². The molecule has 1 heterocycles. The molecule has 1 saturated heterocycles. The summed E-state index contributed by atoms with van der Waals surface area (Å²) in [5, 5.41) is 0. The van der Waals surface area contributed by atoms with Crippen LogP contribution in [0, 0.1) is 0 Å². The molecule has 1 amide bonds. The minimum absolute atomic E-state index is 0.133. The maximum Gasteiger partial charge on any atom is 0.254 e. The van der Waals surface area contributed by atoms with E-state index in [2.05, 4.69) is 41.3 Å². The van der Waals surface area contributed by atoms with Crippen LogP contribution in [0.2, 0.25) is 0 Å². The Labute approximate surface area is 156 Å². The van der Waals surface area contributed by atoms with Crippen molar-refractivity contribution >= 4 is 17.7 Å². The van der Waals surface area contributed by atoms with E-state index in [-0.39, 0.29) is 5.91 Å². The molecule has 0 aromatic heterocycles. The lowest BCUT2D eigenvalue weighted by atomic mass is 10.1. The van der Waals surface area contributed by atoms with Crippen LogP contribution in [0.1, 0.15) is 15.9 Å². The summed E-state index contributed by atoms with van der Waals surface area (Å²) in [7, 11) is 3.98. The van der Waals surface area contributed by atoms with Gasteiger partial charge in [0.05, 0.1) is 0 Å². The fourth-order valence-corrected chi connectivity index (χ4v) is 3.14. The molecule has 2 aromatic rings. The van der Waals surface area contributed by atoms with E-state index in [9.17, 15) is 4.79 Å². The van der Waals surface area contributed by atoms with E-state index in [0.717, 1.165) is 44.0 Å². The van der Waals surface area contributed by atoms with Crippen LogP contribution in [0.4, 0.5) is 5.69 Å². The highest BCUT2D eigenvalue weighted by Crippen LogP contribution is 2.16. The Hall–Kier alpha value is -2.59. The Morgan fingerprint density at radius 3 is 2.42 bits per heavy atom. The van der Waals surface area contributed by atoms with Crippen molar-refractivity contribution in [3.8, 4) is 0 Å². The van der Waals surface area contributed by atoms with Crippen LogP contribution < -0.4 is 4.90 Å². The molecule has 4 nitrogen and oxygen atoms in total. The van der Waals surface area contributed by atoms with Crippen molar-refractivity contribution in [2.75, 3.05) is 51.7 Å². The Balaban J connectivity index is 1.51. The SMILES string of the molecule is CN(C)c1cccc(C(=O)N2CCN(C/C=C/c3ccccc3)CC2)c1. The van der Waals surface area contributed by atoms with Crippen molar-refractivity contribution in [1.29, 1.82) is 0 Å². The first kappa shape index (κ1) is 18.2. The van der Waals surface area contributed by atoms with Gasteiger partial charge in [-0.15, -0.1) is 0 Å². The number of benzene rings is 2. The van der Waals surface area contributed by atoms with Gasteiger partial charge in [-0.05, 0) is 23.8 Å². The highest BCUT2D eigenvalue weighted by molar-refractivity contribution is 5.95. The Morgan fingerprint density at radius 2 is 1.73 bits per heavy atom. The van der Waals surface area contributed by atoms with E-state index in [0.29, 0.717) is 0 Å². The van der Waals surface area contributed by atoms with Gasteiger partial charge in [0.2, 0.25) is 0 Å². The lowest BCUT2D eigenvalue weighted by Gasteiger charge is -2.34. The molecular weight excluding hydrogens is 322 g/mol. The molecule has 0 spiro atoms. The summed E-state index contributed by atoms with van der Waals surface area (Å²) in [6, 6.07) is 18.2. The van der Waals surface area contributed by atoms with Gasteiger partial charge in [0, 0.05) is 58.1 Å². The third-order valence-corrected chi connectivity index (χ3v) is 4.74. The van der Waals surface area contributed by atoms with Gasteiger partial charge in [0.1, 0.15) is 0 Å². The first-order chi connectivity index (χ1) is 12.6. The standard InChI is InChI=1S/C22H27N3O/c1-23(2)21-12-6-11-20(18-21)22(26)25-16-14-24(15-17-25)13-7-10-19-8-4-3-5-9-19/h3-12,18H,13-17H2,1-2H3/b10-7+. The summed E-state index contributed by atoms with van der Waals surface area (Å²) in [6.07, 6.45) is 4.36. The predicted octanol–water partition coefficient (Wildman–Crippen LogP) is 3.22. The maximum absolute atomic E-state index is 12.8. The zero-order valence-electron chi connectivity index (χ0n) is 15.6. The molecule has 0 bridgehead atoms. The molecule has 2 aromatic carbocycles. The predicted molar refractivity (Wildman–Crippen MR) is 109 cm³/mol. The molecule has 1 fully saturated rings. The van der Waals surface area contributed by atoms with Crippen molar-refractivity contribution in [1.82, 2.24) is 9.80 Å². The number of hydrogen-bond donors (Lipinski definition) is 0. The van der Waals surface area contributed by atoms with Gasteiger partial charge in [-0.2, -0.15) is 0 Å². The molecule has 0 radical (unpaired) electrons. The van der Waals surface area contributed by atoms with Crippen LogP contribution >= 0.6 is 0 Å². The van der Waals surface area contributed by atoms with Crippen LogP contribution in [0.3, 0.4) is 0 Å². The molecule has 26 heavy (non-hydrogen) atoms. The summed E-state index contributed by atoms with van der Waals surface area (Å²) in [6.45, 7) is 4.32. The topological polar surface area (TPSA) is 26.8 Å². The Kier molecular flexibility index (Phi) is 6.08. The summed E-state index contributed by atoms with van der Waals surface area (Å²) < 4.78 is 0. The normalized spacial score (nSPS) is 15.4. The van der Waals surface area contributed by atoms with Crippen LogP contribution in [-0.2, 0) is 0 Å². The van der Waals surface area contributed by atoms with Crippen LogP contribution in [0.15, 0.2) is 60.7 Å². The molecule has 1 aliphatic rings. The van der Waals surface area contributed by atoms with Crippen LogP contribution in [0.5, 0.6) is 0 Å². The van der Waals surface area contributed by atoms with Crippen molar-refractivity contribution < 1.29 is 4.79 Å². The zero-order chi connectivity index (χ0) is 18.4. The van der Waals surface area contributed by atoms with E-state index >= 15 is 0 Å². The summed E-state index contributed by atoms with van der Waals surface area (Å²) >= 11 is 0. The first-order valence-electron chi connectivity index (χ1n) is 9.14. The maximum atomic E-state index is 12.8. The van der Waals surface area contributed by atoms with Crippen molar-refractivity contribution in [2.45, 2.75) is 0 Å². The van der Waals surface area contributed by atoms with Crippen molar-refractivity contribution in [2.24, 2.45) is 0 Å². The largest absolute Gasteiger partial charge is 0.378 e. The van der Waals surface area contributed by atoms with E-state index in [1.807, 2.05) is 54.2 Å². The zero-order valence-corrected chi connectivity index (χ0v) is 15.6. The number of anilines is 1. The number of carbonyl (C=O) groups excluding carboxylic acids is 1. The molecule has 0 N–H and O–H groups in total. The number of amides is 1.